The molecule has 2 heterocycles. The van der Waals surface area contributed by atoms with E-state index in [9.17, 15) is 0 Å². The zero-order valence-corrected chi connectivity index (χ0v) is 16.1. The third kappa shape index (κ3) is 4.39. The minimum atomic E-state index is 0. The van der Waals surface area contributed by atoms with Crippen molar-refractivity contribution in [3.05, 3.63) is 59.9 Å². The molecule has 26 heavy (non-hydrogen) atoms. The summed E-state index contributed by atoms with van der Waals surface area (Å²) in [6.45, 7) is 2.88. The van der Waals surface area contributed by atoms with Crippen molar-refractivity contribution in [1.82, 2.24) is 10.3 Å². The van der Waals surface area contributed by atoms with E-state index in [0.29, 0.717) is 17.8 Å². The maximum absolute atomic E-state index is 6.34. The van der Waals surface area contributed by atoms with Crippen LogP contribution in [0.3, 0.4) is 0 Å². The van der Waals surface area contributed by atoms with Crippen molar-refractivity contribution in [1.29, 1.82) is 0 Å². The number of piperidine rings is 1. The molecule has 4 heteroatoms. The van der Waals surface area contributed by atoms with Gasteiger partial charge in [0.25, 0.3) is 0 Å². The van der Waals surface area contributed by atoms with Gasteiger partial charge in [-0.1, -0.05) is 43.2 Å². The van der Waals surface area contributed by atoms with Gasteiger partial charge in [-0.15, -0.1) is 12.4 Å². The van der Waals surface area contributed by atoms with Gasteiger partial charge in [-0.2, -0.15) is 0 Å². The van der Waals surface area contributed by atoms with Gasteiger partial charge in [-0.3, -0.25) is 4.98 Å². The highest BCUT2D eigenvalue weighted by atomic mass is 35.5. The van der Waals surface area contributed by atoms with Crippen LogP contribution in [-0.2, 0) is 0 Å². The number of nitrogens with one attached hydrogen (secondary N) is 1. The number of rotatable bonds is 5. The second-order valence-electron chi connectivity index (χ2n) is 7.45. The van der Waals surface area contributed by atoms with E-state index < -0.39 is 0 Å². The zero-order valence-electron chi connectivity index (χ0n) is 15.3. The van der Waals surface area contributed by atoms with Crippen LogP contribution >= 0.6 is 12.4 Å². The van der Waals surface area contributed by atoms with Crippen molar-refractivity contribution in [3.8, 4) is 5.75 Å². The topological polar surface area (TPSA) is 34.1 Å². The fraction of sp³-hybridized carbons (Fsp3) is 0.500. The first-order valence-electron chi connectivity index (χ1n) is 9.75. The normalized spacial score (nSPS) is 23.4. The molecule has 1 aliphatic heterocycles. The zero-order chi connectivity index (χ0) is 16.9. The molecule has 1 saturated carbocycles. The van der Waals surface area contributed by atoms with Crippen LogP contribution in [0.25, 0.3) is 0 Å². The molecule has 0 bridgehead atoms. The molecule has 2 fully saturated rings. The summed E-state index contributed by atoms with van der Waals surface area (Å²) in [5.41, 5.74) is 2.62. The summed E-state index contributed by atoms with van der Waals surface area (Å²) in [6.07, 6.45) is 8.25. The van der Waals surface area contributed by atoms with Crippen LogP contribution in [-0.4, -0.2) is 24.7 Å². The highest BCUT2D eigenvalue weighted by Gasteiger charge is 2.28. The number of pyridine rings is 1. The monoisotopic (exact) mass is 372 g/mol. The second kappa shape index (κ2) is 9.38. The predicted octanol–water partition coefficient (Wildman–Crippen LogP) is 4.93. The van der Waals surface area contributed by atoms with E-state index in [1.165, 1.54) is 43.4 Å². The molecule has 0 unspecified atom stereocenters. The molecule has 1 aromatic heterocycles. The van der Waals surface area contributed by atoms with Crippen LogP contribution in [0.4, 0.5) is 0 Å². The number of aromatic nitrogens is 1. The number of halogens is 1. The highest BCUT2D eigenvalue weighted by molar-refractivity contribution is 5.85. The van der Waals surface area contributed by atoms with Gasteiger partial charge in [0.05, 0.1) is 12.3 Å². The number of benzene rings is 1. The Bertz CT molecular complexity index is 673. The van der Waals surface area contributed by atoms with Gasteiger partial charge < -0.3 is 10.1 Å². The van der Waals surface area contributed by atoms with Crippen LogP contribution in [0.5, 0.6) is 5.75 Å². The van der Waals surface area contributed by atoms with Gasteiger partial charge in [0.15, 0.2) is 0 Å². The number of ether oxygens (including phenoxy) is 1. The summed E-state index contributed by atoms with van der Waals surface area (Å²) in [5, 5.41) is 3.54. The first-order chi connectivity index (χ1) is 12.4. The molecule has 1 aromatic carbocycles. The van der Waals surface area contributed by atoms with Gasteiger partial charge in [-0.25, -0.2) is 0 Å². The summed E-state index contributed by atoms with van der Waals surface area (Å²) in [6, 6.07) is 15.0. The summed E-state index contributed by atoms with van der Waals surface area (Å²) in [5.74, 6) is 2.68. The maximum atomic E-state index is 6.34. The van der Waals surface area contributed by atoms with Crippen LogP contribution in [0, 0.1) is 5.92 Å². The van der Waals surface area contributed by atoms with E-state index >= 15 is 0 Å². The fourth-order valence-electron chi connectivity index (χ4n) is 4.46. The van der Waals surface area contributed by atoms with E-state index in [2.05, 4.69) is 46.7 Å². The Labute approximate surface area is 163 Å². The largest absolute Gasteiger partial charge is 0.491 e. The van der Waals surface area contributed by atoms with Crippen LogP contribution in [0.1, 0.15) is 55.2 Å². The van der Waals surface area contributed by atoms with Crippen molar-refractivity contribution in [2.75, 3.05) is 19.7 Å². The van der Waals surface area contributed by atoms with Crippen LogP contribution < -0.4 is 10.1 Å². The Balaban J connectivity index is 0.00000196. The third-order valence-electron chi connectivity index (χ3n) is 5.83. The van der Waals surface area contributed by atoms with E-state index in [1.807, 2.05) is 12.3 Å². The molecule has 0 radical (unpaired) electrons. The van der Waals surface area contributed by atoms with Crippen molar-refractivity contribution >= 4 is 12.4 Å². The summed E-state index contributed by atoms with van der Waals surface area (Å²) < 4.78 is 6.34. The number of hydrogen-bond acceptors (Lipinski definition) is 3. The van der Waals surface area contributed by atoms with Crippen molar-refractivity contribution < 1.29 is 4.74 Å². The minimum Gasteiger partial charge on any atom is -0.491 e. The summed E-state index contributed by atoms with van der Waals surface area (Å²) in [4.78, 5) is 4.66. The van der Waals surface area contributed by atoms with Gasteiger partial charge in [-0.05, 0) is 49.4 Å². The molecular formula is C22H29ClN2O. The lowest BCUT2D eigenvalue weighted by Gasteiger charge is -2.32. The maximum Gasteiger partial charge on any atom is 0.141 e. The van der Waals surface area contributed by atoms with Crippen molar-refractivity contribution in [2.24, 2.45) is 5.92 Å². The molecule has 1 aliphatic carbocycles. The first kappa shape index (κ1) is 19.2. The van der Waals surface area contributed by atoms with Gasteiger partial charge in [0.2, 0.25) is 0 Å². The van der Waals surface area contributed by atoms with E-state index in [4.69, 9.17) is 4.74 Å². The smallest absolute Gasteiger partial charge is 0.141 e. The molecule has 0 amide bonds. The average Bonchev–Trinajstić information content (AvgIpc) is 3.22. The fourth-order valence-corrected chi connectivity index (χ4v) is 4.46. The summed E-state index contributed by atoms with van der Waals surface area (Å²) in [7, 11) is 0. The van der Waals surface area contributed by atoms with Gasteiger partial charge >= 0.3 is 0 Å². The highest BCUT2D eigenvalue weighted by Crippen LogP contribution is 2.38. The lowest BCUT2D eigenvalue weighted by Crippen LogP contribution is -2.38. The Kier molecular flexibility index (Phi) is 6.93. The average molecular weight is 373 g/mol. The van der Waals surface area contributed by atoms with Gasteiger partial charge in [0.1, 0.15) is 5.75 Å². The van der Waals surface area contributed by atoms with Crippen LogP contribution in [0.15, 0.2) is 48.7 Å². The molecule has 2 atom stereocenters. The Morgan fingerprint density at radius 2 is 1.81 bits per heavy atom. The molecule has 3 nitrogen and oxygen atoms in total. The predicted molar refractivity (Wildman–Crippen MR) is 108 cm³/mol. The third-order valence-corrected chi connectivity index (χ3v) is 5.83. The molecule has 2 aromatic rings. The van der Waals surface area contributed by atoms with E-state index in [1.54, 1.807) is 0 Å². The molecule has 1 saturated heterocycles. The summed E-state index contributed by atoms with van der Waals surface area (Å²) >= 11 is 0. The Morgan fingerprint density at radius 1 is 1.00 bits per heavy atom. The van der Waals surface area contributed by atoms with Crippen molar-refractivity contribution in [2.45, 2.75) is 43.9 Å². The first-order valence-corrected chi connectivity index (χ1v) is 9.75. The lowest BCUT2D eigenvalue weighted by molar-refractivity contribution is 0.194. The number of hydrogen-bond donors (Lipinski definition) is 1. The Hall–Kier alpha value is -1.58. The number of nitrogens with zero attached hydrogens (tertiary/aromatic N) is 1. The SMILES string of the molecule is Cl.c1ccc([C@@H]2CCNC[C@H]2COc2cccnc2C2CCCC2)cc1. The molecule has 1 N–H and O–H groups in total. The molecule has 4 rings (SSSR count). The second-order valence-corrected chi connectivity index (χ2v) is 7.45. The Morgan fingerprint density at radius 3 is 2.62 bits per heavy atom. The standard InChI is InChI=1S/C22H28N2O.ClH/c1-2-7-17(8-3-1)20-12-14-23-15-19(20)16-25-21-11-6-13-24-22(21)18-9-4-5-10-18;/h1-3,6-8,11,13,18-20,23H,4-5,9-10,12,14-16H2;1H/t19-,20-;/m0./s1. The van der Waals surface area contributed by atoms with E-state index in [0.717, 1.165) is 25.4 Å². The van der Waals surface area contributed by atoms with Gasteiger partial charge in [0, 0.05) is 24.6 Å². The van der Waals surface area contributed by atoms with Crippen LogP contribution in [0.2, 0.25) is 0 Å². The molecule has 0 spiro atoms. The molecule has 2 aliphatic rings. The minimum absolute atomic E-state index is 0. The van der Waals surface area contributed by atoms with E-state index in [-0.39, 0.29) is 12.4 Å². The quantitative estimate of drug-likeness (QED) is 0.807. The lowest BCUT2D eigenvalue weighted by atomic mass is 9.81. The van der Waals surface area contributed by atoms with Crippen molar-refractivity contribution in [3.63, 3.8) is 0 Å². The molecule has 140 valence electrons. The molecular weight excluding hydrogens is 344 g/mol.